The van der Waals surface area contributed by atoms with E-state index in [-0.39, 0.29) is 12.5 Å². The van der Waals surface area contributed by atoms with E-state index in [1.165, 1.54) is 5.56 Å². The van der Waals surface area contributed by atoms with Crippen LogP contribution in [0.5, 0.6) is 5.75 Å². The molecule has 0 radical (unpaired) electrons. The van der Waals surface area contributed by atoms with Crippen LogP contribution in [0, 0.1) is 0 Å². The van der Waals surface area contributed by atoms with Crippen LogP contribution in [0.4, 0.5) is 5.69 Å². The number of sulfonamides is 1. The molecule has 1 heterocycles. The molecule has 1 fully saturated rings. The van der Waals surface area contributed by atoms with E-state index in [9.17, 15) is 18.3 Å². The minimum atomic E-state index is -4.64. The van der Waals surface area contributed by atoms with Crippen LogP contribution in [0.3, 0.4) is 0 Å². The molecule has 1 aliphatic rings. The van der Waals surface area contributed by atoms with Gasteiger partial charge < -0.3 is 34.2 Å². The molecule has 1 saturated heterocycles. The third kappa shape index (κ3) is 13.9. The lowest BCUT2D eigenvalue weighted by Gasteiger charge is -2.35. The highest BCUT2D eigenvalue weighted by Gasteiger charge is 2.23. The van der Waals surface area contributed by atoms with Crippen molar-refractivity contribution in [3.63, 3.8) is 0 Å². The first kappa shape index (κ1) is 32.7. The van der Waals surface area contributed by atoms with Gasteiger partial charge in [-0.05, 0) is 48.4 Å². The normalized spacial score (nSPS) is 15.2. The highest BCUT2D eigenvalue weighted by molar-refractivity contribution is 7.92. The van der Waals surface area contributed by atoms with Gasteiger partial charge in [-0.1, -0.05) is 12.1 Å². The van der Waals surface area contributed by atoms with E-state index >= 15 is 0 Å². The van der Waals surface area contributed by atoms with Crippen molar-refractivity contribution in [3.05, 3.63) is 59.7 Å². The zero-order valence-corrected chi connectivity index (χ0v) is 23.6. The third-order valence-corrected chi connectivity index (χ3v) is 6.13. The standard InChI is InChI=1S/C24H33N3O6S.H3O4P/c1-32-16-11-19-3-9-23(10-4-19)33-18-22(28)17-26-12-14-27(15-13-26)24(29)20-5-7-21(8-6-20)25-34(2,30)31;1-5(2,3)4/h3-10,22,25,28H,11-18H2,1-2H3;(H3,1,2,3,4). The van der Waals surface area contributed by atoms with Gasteiger partial charge in [0.05, 0.1) is 12.9 Å². The molecule has 2 aromatic carbocycles. The van der Waals surface area contributed by atoms with E-state index in [1.54, 1.807) is 36.3 Å². The highest BCUT2D eigenvalue weighted by atomic mass is 32.2. The van der Waals surface area contributed by atoms with E-state index in [1.807, 2.05) is 24.3 Å². The summed E-state index contributed by atoms with van der Waals surface area (Å²) in [6.45, 7) is 3.77. The second kappa shape index (κ2) is 15.3. The zero-order chi connectivity index (χ0) is 29.1. The molecular formula is C24H36N3O10PS. The number of carbonyl (C=O) groups is 1. The summed E-state index contributed by atoms with van der Waals surface area (Å²) >= 11 is 0. The Labute approximate surface area is 228 Å². The highest BCUT2D eigenvalue weighted by Crippen LogP contribution is 2.25. The Morgan fingerprint density at radius 1 is 1.03 bits per heavy atom. The number of hydrogen-bond acceptors (Lipinski definition) is 8. The fourth-order valence-electron chi connectivity index (χ4n) is 3.73. The second-order valence-corrected chi connectivity index (χ2v) is 11.7. The summed E-state index contributed by atoms with van der Waals surface area (Å²) in [5.41, 5.74) is 2.10. The summed E-state index contributed by atoms with van der Waals surface area (Å²) in [6.07, 6.45) is 1.29. The number of ether oxygens (including phenoxy) is 2. The average Bonchev–Trinajstić information content (AvgIpc) is 2.85. The molecule has 15 heteroatoms. The van der Waals surface area contributed by atoms with Gasteiger partial charge in [-0.3, -0.25) is 14.4 Å². The van der Waals surface area contributed by atoms with Gasteiger partial charge >= 0.3 is 7.82 Å². The number of nitrogens with one attached hydrogen (secondary N) is 1. The monoisotopic (exact) mass is 589 g/mol. The summed E-state index contributed by atoms with van der Waals surface area (Å²) in [5.74, 6) is 0.622. The van der Waals surface area contributed by atoms with E-state index in [4.69, 9.17) is 28.7 Å². The van der Waals surface area contributed by atoms with E-state index < -0.39 is 23.9 Å². The fraction of sp³-hybridized carbons (Fsp3) is 0.458. The summed E-state index contributed by atoms with van der Waals surface area (Å²) in [7, 11) is -6.32. The second-order valence-electron chi connectivity index (χ2n) is 8.91. The largest absolute Gasteiger partial charge is 0.491 e. The molecule has 0 aromatic heterocycles. The summed E-state index contributed by atoms with van der Waals surface area (Å²) in [6, 6.07) is 14.2. The summed E-state index contributed by atoms with van der Waals surface area (Å²) in [5, 5.41) is 10.4. The Morgan fingerprint density at radius 2 is 1.59 bits per heavy atom. The lowest BCUT2D eigenvalue weighted by atomic mass is 10.1. The van der Waals surface area contributed by atoms with Gasteiger partial charge in [-0.25, -0.2) is 13.0 Å². The molecule has 1 aliphatic heterocycles. The van der Waals surface area contributed by atoms with E-state index in [0.29, 0.717) is 56.3 Å². The molecular weight excluding hydrogens is 553 g/mol. The number of aliphatic hydroxyl groups is 1. The van der Waals surface area contributed by atoms with Gasteiger partial charge in [0.2, 0.25) is 10.0 Å². The average molecular weight is 590 g/mol. The molecule has 13 nitrogen and oxygen atoms in total. The van der Waals surface area contributed by atoms with Crippen LogP contribution in [-0.4, -0.2) is 109 Å². The minimum absolute atomic E-state index is 0.0941. The number of aliphatic hydroxyl groups excluding tert-OH is 1. The van der Waals surface area contributed by atoms with Gasteiger partial charge in [-0.15, -0.1) is 0 Å². The summed E-state index contributed by atoms with van der Waals surface area (Å²) in [4.78, 5) is 38.2. The number of hydrogen-bond donors (Lipinski definition) is 5. The van der Waals surface area contributed by atoms with Crippen LogP contribution >= 0.6 is 7.82 Å². The number of rotatable bonds is 11. The van der Waals surface area contributed by atoms with Crippen LogP contribution in [0.1, 0.15) is 15.9 Å². The number of anilines is 1. The van der Waals surface area contributed by atoms with Crippen LogP contribution in [0.2, 0.25) is 0 Å². The van der Waals surface area contributed by atoms with Gasteiger partial charge in [0.15, 0.2) is 0 Å². The lowest BCUT2D eigenvalue weighted by Crippen LogP contribution is -2.50. The predicted octanol–water partition coefficient (Wildman–Crippen LogP) is 0.516. The van der Waals surface area contributed by atoms with Crippen LogP contribution < -0.4 is 9.46 Å². The number of benzene rings is 2. The third-order valence-electron chi connectivity index (χ3n) is 5.52. The molecule has 3 rings (SSSR count). The number of piperazine rings is 1. The molecule has 0 bridgehead atoms. The van der Waals surface area contributed by atoms with Crippen molar-refractivity contribution < 1.29 is 47.0 Å². The molecule has 1 unspecified atom stereocenters. The number of phosphoric acid groups is 1. The Morgan fingerprint density at radius 3 is 2.10 bits per heavy atom. The van der Waals surface area contributed by atoms with E-state index in [2.05, 4.69) is 9.62 Å². The Hall–Kier alpha value is -2.55. The molecule has 0 aliphatic carbocycles. The Balaban J connectivity index is 0.000000976. The Bertz CT molecular complexity index is 1170. The van der Waals surface area contributed by atoms with Crippen LogP contribution in [-0.2, 0) is 25.7 Å². The number of β-amino-alcohol motifs (C(OH)–C–C–N with tert-alkyl or cyclic N) is 1. The fourth-order valence-corrected chi connectivity index (χ4v) is 4.29. The van der Waals surface area contributed by atoms with Crippen molar-refractivity contribution in [1.29, 1.82) is 0 Å². The van der Waals surface area contributed by atoms with Gasteiger partial charge in [-0.2, -0.15) is 0 Å². The quantitative estimate of drug-likeness (QED) is 0.230. The van der Waals surface area contributed by atoms with Gasteiger partial charge in [0.1, 0.15) is 18.5 Å². The van der Waals surface area contributed by atoms with Crippen molar-refractivity contribution >= 4 is 29.4 Å². The molecule has 218 valence electrons. The number of methoxy groups -OCH3 is 1. The van der Waals surface area contributed by atoms with Crippen molar-refractivity contribution in [2.24, 2.45) is 0 Å². The first-order valence-electron chi connectivity index (χ1n) is 12.0. The maximum absolute atomic E-state index is 12.8. The maximum Gasteiger partial charge on any atom is 0.466 e. The zero-order valence-electron chi connectivity index (χ0n) is 21.8. The van der Waals surface area contributed by atoms with Crippen molar-refractivity contribution in [3.8, 4) is 5.75 Å². The molecule has 0 spiro atoms. The number of carbonyl (C=O) groups excluding carboxylic acids is 1. The van der Waals surface area contributed by atoms with Crippen molar-refractivity contribution in [1.82, 2.24) is 9.80 Å². The molecule has 1 amide bonds. The first-order chi connectivity index (χ1) is 18.2. The van der Waals surface area contributed by atoms with Crippen molar-refractivity contribution in [2.45, 2.75) is 12.5 Å². The van der Waals surface area contributed by atoms with Crippen LogP contribution in [0.25, 0.3) is 0 Å². The molecule has 0 saturated carbocycles. The van der Waals surface area contributed by atoms with E-state index in [0.717, 1.165) is 12.7 Å². The Kier molecular flexibility index (Phi) is 12.8. The SMILES string of the molecule is COCCc1ccc(OCC(O)CN2CCN(C(=O)c3ccc(NS(C)(=O)=O)cc3)CC2)cc1.O=P(O)(O)O. The lowest BCUT2D eigenvalue weighted by molar-refractivity contribution is 0.0403. The van der Waals surface area contributed by atoms with Crippen molar-refractivity contribution in [2.75, 3.05) is 64.0 Å². The maximum atomic E-state index is 12.8. The molecule has 39 heavy (non-hydrogen) atoms. The predicted molar refractivity (Wildman–Crippen MR) is 145 cm³/mol. The molecule has 1 atom stereocenters. The minimum Gasteiger partial charge on any atom is -0.491 e. The number of nitrogens with zero attached hydrogens (tertiary/aromatic N) is 2. The topological polar surface area (TPSA) is 186 Å². The van der Waals surface area contributed by atoms with Gasteiger partial charge in [0.25, 0.3) is 5.91 Å². The summed E-state index contributed by atoms with van der Waals surface area (Å²) < 4.78 is 44.7. The number of amides is 1. The molecule has 2 aromatic rings. The van der Waals surface area contributed by atoms with Crippen LogP contribution in [0.15, 0.2) is 48.5 Å². The smallest absolute Gasteiger partial charge is 0.466 e. The molecule has 5 N–H and O–H groups in total. The van der Waals surface area contributed by atoms with Gasteiger partial charge in [0, 0.05) is 51.1 Å². The first-order valence-corrected chi connectivity index (χ1v) is 15.5.